The van der Waals surface area contributed by atoms with Gasteiger partial charge in [-0.05, 0) is 38.0 Å². The molecule has 2 N–H and O–H groups in total. The van der Waals surface area contributed by atoms with E-state index in [-0.39, 0.29) is 25.2 Å². The van der Waals surface area contributed by atoms with Gasteiger partial charge in [0.05, 0.1) is 6.10 Å². The van der Waals surface area contributed by atoms with Crippen LogP contribution in [0.25, 0.3) is 0 Å². The lowest BCUT2D eigenvalue weighted by Crippen LogP contribution is -2.25. The zero-order valence-corrected chi connectivity index (χ0v) is 26.6. The molecule has 0 aromatic rings. The van der Waals surface area contributed by atoms with Crippen molar-refractivity contribution in [1.82, 2.24) is 0 Å². The van der Waals surface area contributed by atoms with Crippen LogP contribution in [0, 0.1) is 5.92 Å². The van der Waals surface area contributed by atoms with Crippen LogP contribution < -0.4 is 0 Å². The van der Waals surface area contributed by atoms with Gasteiger partial charge < -0.3 is 19.7 Å². The van der Waals surface area contributed by atoms with Crippen molar-refractivity contribution < 1.29 is 29.3 Å². The Bertz CT molecular complexity index is 697. The molecule has 238 valence electrons. The molecule has 0 aromatic carbocycles. The predicted octanol–water partition coefficient (Wildman–Crippen LogP) is 8.55. The summed E-state index contributed by atoms with van der Waals surface area (Å²) in [5.41, 5.74) is 0. The van der Waals surface area contributed by atoms with Crippen LogP contribution in [-0.4, -0.2) is 47.6 Å². The smallest absolute Gasteiger partial charge is 0.305 e. The van der Waals surface area contributed by atoms with Gasteiger partial charge in [-0.3, -0.25) is 9.59 Å². The predicted molar refractivity (Wildman–Crippen MR) is 170 cm³/mol. The molecule has 6 nitrogen and oxygen atoms in total. The Morgan fingerprint density at radius 2 is 1.12 bits per heavy atom. The molecule has 0 heterocycles. The lowest BCUT2D eigenvalue weighted by atomic mass is 10.0. The zero-order valence-electron chi connectivity index (χ0n) is 26.6. The van der Waals surface area contributed by atoms with E-state index in [1.165, 1.54) is 38.5 Å². The fourth-order valence-corrected chi connectivity index (χ4v) is 4.39. The Morgan fingerprint density at radius 1 is 0.634 bits per heavy atom. The molecule has 0 fully saturated rings. The number of rotatable bonds is 28. The van der Waals surface area contributed by atoms with Crippen molar-refractivity contribution in [1.29, 1.82) is 0 Å². The van der Waals surface area contributed by atoms with Crippen LogP contribution in [-0.2, 0) is 19.1 Å². The highest BCUT2D eigenvalue weighted by Gasteiger charge is 2.12. The van der Waals surface area contributed by atoms with Crippen molar-refractivity contribution in [3.63, 3.8) is 0 Å². The maximum Gasteiger partial charge on any atom is 0.305 e. The Morgan fingerprint density at radius 3 is 1.63 bits per heavy atom. The summed E-state index contributed by atoms with van der Waals surface area (Å²) in [6.45, 7) is 6.36. The average Bonchev–Trinajstić information content (AvgIpc) is 2.94. The van der Waals surface area contributed by atoms with Crippen molar-refractivity contribution in [2.24, 2.45) is 5.92 Å². The van der Waals surface area contributed by atoms with E-state index in [2.05, 4.69) is 39.0 Å². The molecular weight excluding hydrogens is 516 g/mol. The van der Waals surface area contributed by atoms with Crippen LogP contribution in [0.4, 0.5) is 0 Å². The molecule has 0 aliphatic rings. The van der Waals surface area contributed by atoms with Crippen LogP contribution in [0.2, 0.25) is 0 Å². The van der Waals surface area contributed by atoms with Crippen LogP contribution in [0.1, 0.15) is 143 Å². The van der Waals surface area contributed by atoms with E-state index in [0.29, 0.717) is 12.8 Å². The molecule has 41 heavy (non-hydrogen) atoms. The molecule has 0 saturated heterocycles. The number of aliphatic hydroxyl groups is 2. The van der Waals surface area contributed by atoms with Crippen molar-refractivity contribution in [2.75, 3.05) is 13.2 Å². The highest BCUT2D eigenvalue weighted by molar-refractivity contribution is 5.69. The SMILES string of the molecule is CC/C=C/C/C=C/C=C/C(O)CCCCCCCC(=O)OC[C@H](O)COC(=O)CCCCCCCCCCC(C)C. The fraction of sp³-hybridized carbons (Fsp3) is 0.771. The Labute approximate surface area is 251 Å². The van der Waals surface area contributed by atoms with Crippen LogP contribution in [0.3, 0.4) is 0 Å². The molecule has 6 heteroatoms. The van der Waals surface area contributed by atoms with E-state index in [4.69, 9.17) is 9.47 Å². The van der Waals surface area contributed by atoms with E-state index >= 15 is 0 Å². The normalized spacial score (nSPS) is 13.5. The number of ether oxygens (including phenoxy) is 2. The van der Waals surface area contributed by atoms with Crippen molar-refractivity contribution in [3.05, 3.63) is 36.5 Å². The standard InChI is InChI=1S/C35H62O6/c1-4-5-6-7-10-15-20-25-32(36)26-21-16-13-18-23-28-35(39)41-30-33(37)29-40-34(38)27-22-17-12-9-8-11-14-19-24-31(2)3/h5-6,10,15,20,25,31-33,36-37H,4,7-9,11-14,16-19,21-24,26-30H2,1-3H3/b6-5+,15-10+,25-20+/t32?,33-/m1/s1. The van der Waals surface area contributed by atoms with Gasteiger partial charge in [0.15, 0.2) is 0 Å². The van der Waals surface area contributed by atoms with Gasteiger partial charge in [0.25, 0.3) is 0 Å². The quantitative estimate of drug-likeness (QED) is 0.0418. The first kappa shape index (κ1) is 39.1. The molecule has 0 aromatic heterocycles. The van der Waals surface area contributed by atoms with E-state index in [9.17, 15) is 19.8 Å². The van der Waals surface area contributed by atoms with Gasteiger partial charge in [-0.15, -0.1) is 0 Å². The molecule has 0 radical (unpaired) electrons. The summed E-state index contributed by atoms with van der Waals surface area (Å²) in [4.78, 5) is 23.8. The number of carbonyl (C=O) groups is 2. The second-order valence-corrected chi connectivity index (χ2v) is 11.6. The number of hydrogen-bond acceptors (Lipinski definition) is 6. The van der Waals surface area contributed by atoms with E-state index in [0.717, 1.165) is 76.5 Å². The number of carbonyl (C=O) groups excluding carboxylic acids is 2. The molecule has 0 saturated carbocycles. The minimum absolute atomic E-state index is 0.143. The molecule has 0 aliphatic heterocycles. The summed E-state index contributed by atoms with van der Waals surface area (Å²) in [5, 5.41) is 19.9. The largest absolute Gasteiger partial charge is 0.463 e. The number of hydrogen-bond donors (Lipinski definition) is 2. The first-order valence-corrected chi connectivity index (χ1v) is 16.5. The molecule has 0 spiro atoms. The number of unbranched alkanes of at least 4 members (excludes halogenated alkanes) is 11. The van der Waals surface area contributed by atoms with Crippen LogP contribution in [0.15, 0.2) is 36.5 Å². The third kappa shape index (κ3) is 30.9. The molecule has 0 amide bonds. The summed E-state index contributed by atoms with van der Waals surface area (Å²) >= 11 is 0. The van der Waals surface area contributed by atoms with E-state index in [1.807, 2.05) is 18.2 Å². The van der Waals surface area contributed by atoms with Crippen LogP contribution in [0.5, 0.6) is 0 Å². The van der Waals surface area contributed by atoms with Crippen molar-refractivity contribution in [2.45, 2.75) is 155 Å². The summed E-state index contributed by atoms with van der Waals surface area (Å²) in [7, 11) is 0. The number of esters is 2. The van der Waals surface area contributed by atoms with Gasteiger partial charge in [0, 0.05) is 12.8 Å². The van der Waals surface area contributed by atoms with E-state index < -0.39 is 12.2 Å². The zero-order chi connectivity index (χ0) is 30.4. The second kappa shape index (κ2) is 29.6. The maximum atomic E-state index is 11.9. The Kier molecular flexibility index (Phi) is 28.2. The van der Waals surface area contributed by atoms with Gasteiger partial charge in [-0.2, -0.15) is 0 Å². The minimum atomic E-state index is -0.993. The van der Waals surface area contributed by atoms with Crippen molar-refractivity contribution in [3.8, 4) is 0 Å². The highest BCUT2D eigenvalue weighted by atomic mass is 16.6. The maximum absolute atomic E-state index is 11.9. The molecular formula is C35H62O6. The topological polar surface area (TPSA) is 93.1 Å². The van der Waals surface area contributed by atoms with E-state index in [1.54, 1.807) is 0 Å². The third-order valence-electron chi connectivity index (χ3n) is 6.92. The summed E-state index contributed by atoms with van der Waals surface area (Å²) in [6, 6.07) is 0. The first-order valence-electron chi connectivity index (χ1n) is 16.5. The van der Waals surface area contributed by atoms with Crippen LogP contribution >= 0.6 is 0 Å². The third-order valence-corrected chi connectivity index (χ3v) is 6.92. The minimum Gasteiger partial charge on any atom is -0.463 e. The number of aliphatic hydroxyl groups excluding tert-OH is 2. The summed E-state index contributed by atoms with van der Waals surface area (Å²) in [6.07, 6.45) is 29.4. The molecule has 2 atom stereocenters. The molecule has 0 aliphatic carbocycles. The fourth-order valence-electron chi connectivity index (χ4n) is 4.39. The molecule has 0 bridgehead atoms. The first-order chi connectivity index (χ1) is 19.8. The van der Waals surface area contributed by atoms with Gasteiger partial charge in [0.1, 0.15) is 19.3 Å². The molecule has 0 rings (SSSR count). The second-order valence-electron chi connectivity index (χ2n) is 11.6. The monoisotopic (exact) mass is 578 g/mol. The van der Waals surface area contributed by atoms with Gasteiger partial charge >= 0.3 is 11.9 Å². The Balaban J connectivity index is 3.57. The summed E-state index contributed by atoms with van der Waals surface area (Å²) < 4.78 is 10.2. The highest BCUT2D eigenvalue weighted by Crippen LogP contribution is 2.13. The lowest BCUT2D eigenvalue weighted by molar-refractivity contribution is -0.152. The molecule has 1 unspecified atom stereocenters. The lowest BCUT2D eigenvalue weighted by Gasteiger charge is -2.12. The van der Waals surface area contributed by atoms with Gasteiger partial charge in [-0.1, -0.05) is 134 Å². The van der Waals surface area contributed by atoms with Gasteiger partial charge in [-0.25, -0.2) is 0 Å². The Hall–Kier alpha value is -1.92. The summed E-state index contributed by atoms with van der Waals surface area (Å²) in [5.74, 6) is 0.156. The average molecular weight is 579 g/mol. The van der Waals surface area contributed by atoms with Gasteiger partial charge in [0.2, 0.25) is 0 Å². The number of allylic oxidation sites excluding steroid dienone is 5. The van der Waals surface area contributed by atoms with Crippen molar-refractivity contribution >= 4 is 11.9 Å².